The summed E-state index contributed by atoms with van der Waals surface area (Å²) in [6.45, 7) is 4.83. The Hall–Kier alpha value is -1.81. The molecule has 1 fully saturated rings. The highest BCUT2D eigenvalue weighted by Crippen LogP contribution is 2.31. The molecule has 4 nitrogen and oxygen atoms in total. The van der Waals surface area contributed by atoms with Crippen LogP contribution >= 0.6 is 0 Å². The van der Waals surface area contributed by atoms with Crippen LogP contribution in [0, 0.1) is 5.41 Å². The molecule has 1 aromatic heterocycles. The van der Waals surface area contributed by atoms with Crippen molar-refractivity contribution in [3.8, 4) is 5.75 Å². The molecule has 0 bridgehead atoms. The van der Waals surface area contributed by atoms with Crippen molar-refractivity contribution in [2.45, 2.75) is 19.8 Å². The zero-order valence-electron chi connectivity index (χ0n) is 11.7. The zero-order valence-corrected chi connectivity index (χ0v) is 11.7. The fourth-order valence-electron chi connectivity index (χ4n) is 2.64. The number of rotatable bonds is 3. The maximum Gasteiger partial charge on any atom is 0.133 e. The second kappa shape index (κ2) is 5.29. The van der Waals surface area contributed by atoms with E-state index < -0.39 is 0 Å². The molecular formula is C16H20N2O2. The van der Waals surface area contributed by atoms with Gasteiger partial charge < -0.3 is 15.2 Å². The van der Waals surface area contributed by atoms with Crippen LogP contribution in [-0.2, 0) is 4.74 Å². The van der Waals surface area contributed by atoms with Gasteiger partial charge in [-0.2, -0.15) is 0 Å². The molecule has 3 rings (SSSR count). The third-order valence-electron chi connectivity index (χ3n) is 4.13. The molecule has 1 saturated heterocycles. The van der Waals surface area contributed by atoms with Crippen molar-refractivity contribution in [2.24, 2.45) is 5.41 Å². The number of anilines is 1. The Morgan fingerprint density at radius 3 is 2.90 bits per heavy atom. The molecule has 0 saturated carbocycles. The first kappa shape index (κ1) is 13.2. The first-order valence-electron chi connectivity index (χ1n) is 7.06. The molecular weight excluding hydrogens is 252 g/mol. The Labute approximate surface area is 118 Å². The number of ether oxygens (including phenoxy) is 1. The lowest BCUT2D eigenvalue weighted by molar-refractivity contribution is 0.0300. The smallest absolute Gasteiger partial charge is 0.133 e. The van der Waals surface area contributed by atoms with Gasteiger partial charge in [0.1, 0.15) is 11.6 Å². The van der Waals surface area contributed by atoms with Crippen molar-refractivity contribution in [3.63, 3.8) is 0 Å². The number of hydrogen-bond donors (Lipinski definition) is 2. The zero-order chi connectivity index (χ0) is 14.0. The number of hydrogen-bond acceptors (Lipinski definition) is 4. The molecule has 2 aromatic rings. The van der Waals surface area contributed by atoms with E-state index in [4.69, 9.17) is 4.74 Å². The molecule has 1 aromatic carbocycles. The van der Waals surface area contributed by atoms with Gasteiger partial charge in [-0.05, 0) is 41.8 Å². The van der Waals surface area contributed by atoms with Crippen molar-refractivity contribution in [3.05, 3.63) is 30.5 Å². The van der Waals surface area contributed by atoms with Gasteiger partial charge in [0.25, 0.3) is 0 Å². The topological polar surface area (TPSA) is 54.4 Å². The summed E-state index contributed by atoms with van der Waals surface area (Å²) < 4.78 is 5.43. The Bertz CT molecular complexity index is 606. The van der Waals surface area contributed by atoms with Gasteiger partial charge in [0, 0.05) is 31.3 Å². The lowest BCUT2D eigenvalue weighted by Gasteiger charge is -2.33. The molecule has 2 heterocycles. The quantitative estimate of drug-likeness (QED) is 0.901. The summed E-state index contributed by atoms with van der Waals surface area (Å²) in [5.74, 6) is 1.11. The summed E-state index contributed by atoms with van der Waals surface area (Å²) in [4.78, 5) is 4.41. The highest BCUT2D eigenvalue weighted by Gasteiger charge is 2.27. The van der Waals surface area contributed by atoms with Gasteiger partial charge >= 0.3 is 0 Å². The van der Waals surface area contributed by atoms with Crippen molar-refractivity contribution in [1.82, 2.24) is 4.98 Å². The molecule has 106 valence electrons. The van der Waals surface area contributed by atoms with E-state index in [0.29, 0.717) is 0 Å². The van der Waals surface area contributed by atoms with E-state index in [1.54, 1.807) is 18.3 Å². The van der Waals surface area contributed by atoms with E-state index in [1.807, 2.05) is 12.1 Å². The van der Waals surface area contributed by atoms with Crippen LogP contribution in [0.1, 0.15) is 19.8 Å². The number of fused-ring (bicyclic) bond motifs is 1. The first-order chi connectivity index (χ1) is 9.66. The molecule has 0 spiro atoms. The van der Waals surface area contributed by atoms with Crippen molar-refractivity contribution in [1.29, 1.82) is 0 Å². The number of nitrogens with one attached hydrogen (secondary N) is 1. The number of pyridine rings is 1. The van der Waals surface area contributed by atoms with Crippen LogP contribution < -0.4 is 5.32 Å². The van der Waals surface area contributed by atoms with Gasteiger partial charge in [-0.3, -0.25) is 0 Å². The summed E-state index contributed by atoms with van der Waals surface area (Å²) >= 11 is 0. The lowest BCUT2D eigenvalue weighted by atomic mass is 9.82. The van der Waals surface area contributed by atoms with Crippen molar-refractivity contribution < 1.29 is 9.84 Å². The Kier molecular flexibility index (Phi) is 3.49. The minimum Gasteiger partial charge on any atom is -0.508 e. The van der Waals surface area contributed by atoms with Gasteiger partial charge in [-0.25, -0.2) is 4.98 Å². The summed E-state index contributed by atoms with van der Waals surface area (Å²) in [7, 11) is 0. The molecule has 0 unspecified atom stereocenters. The SMILES string of the molecule is CC1(CNc2nccc3ccc(O)cc23)CCOCC1. The molecule has 0 aliphatic carbocycles. The average Bonchev–Trinajstić information content (AvgIpc) is 2.46. The fourth-order valence-corrected chi connectivity index (χ4v) is 2.64. The summed E-state index contributed by atoms with van der Waals surface area (Å²) in [6.07, 6.45) is 3.93. The predicted octanol–water partition coefficient (Wildman–Crippen LogP) is 3.17. The summed E-state index contributed by atoms with van der Waals surface area (Å²) in [6, 6.07) is 7.33. The summed E-state index contributed by atoms with van der Waals surface area (Å²) in [5, 5.41) is 15.1. The normalized spacial score (nSPS) is 18.1. The number of benzene rings is 1. The summed E-state index contributed by atoms with van der Waals surface area (Å²) in [5.41, 5.74) is 0.249. The highest BCUT2D eigenvalue weighted by molar-refractivity contribution is 5.92. The van der Waals surface area contributed by atoms with E-state index in [0.717, 1.165) is 49.2 Å². The Morgan fingerprint density at radius 2 is 2.10 bits per heavy atom. The molecule has 20 heavy (non-hydrogen) atoms. The van der Waals surface area contributed by atoms with E-state index in [9.17, 15) is 5.11 Å². The van der Waals surface area contributed by atoms with Crippen LogP contribution in [0.15, 0.2) is 30.5 Å². The van der Waals surface area contributed by atoms with Gasteiger partial charge in [0.05, 0.1) is 0 Å². The molecule has 1 aliphatic rings. The van der Waals surface area contributed by atoms with E-state index >= 15 is 0 Å². The number of phenolic OH excluding ortho intramolecular Hbond substituents is 1. The molecule has 0 atom stereocenters. The molecule has 2 N–H and O–H groups in total. The molecule has 1 aliphatic heterocycles. The molecule has 0 radical (unpaired) electrons. The minimum absolute atomic E-state index is 0.249. The minimum atomic E-state index is 0.249. The first-order valence-corrected chi connectivity index (χ1v) is 7.06. The molecule has 0 amide bonds. The van der Waals surface area contributed by atoms with Gasteiger partial charge in [-0.1, -0.05) is 13.0 Å². The monoisotopic (exact) mass is 272 g/mol. The third kappa shape index (κ3) is 2.70. The largest absolute Gasteiger partial charge is 0.508 e. The van der Waals surface area contributed by atoms with Crippen LogP contribution in [0.3, 0.4) is 0 Å². The fraction of sp³-hybridized carbons (Fsp3) is 0.438. The Balaban J connectivity index is 1.82. The van der Waals surface area contributed by atoms with Gasteiger partial charge in [0.2, 0.25) is 0 Å². The molecule has 4 heteroatoms. The van der Waals surface area contributed by atoms with Gasteiger partial charge in [-0.15, -0.1) is 0 Å². The van der Waals surface area contributed by atoms with Crippen LogP contribution in [0.25, 0.3) is 10.8 Å². The van der Waals surface area contributed by atoms with Gasteiger partial charge in [0.15, 0.2) is 0 Å². The third-order valence-corrected chi connectivity index (χ3v) is 4.13. The average molecular weight is 272 g/mol. The van der Waals surface area contributed by atoms with Crippen LogP contribution in [-0.4, -0.2) is 29.8 Å². The maximum atomic E-state index is 9.65. The Morgan fingerprint density at radius 1 is 1.30 bits per heavy atom. The van der Waals surface area contributed by atoms with E-state index in [1.165, 1.54) is 0 Å². The predicted molar refractivity (Wildman–Crippen MR) is 80.1 cm³/mol. The van der Waals surface area contributed by atoms with Crippen molar-refractivity contribution >= 4 is 16.6 Å². The lowest BCUT2D eigenvalue weighted by Crippen LogP contribution is -2.33. The number of nitrogens with zero attached hydrogens (tertiary/aromatic N) is 1. The van der Waals surface area contributed by atoms with Crippen LogP contribution in [0.4, 0.5) is 5.82 Å². The number of aromatic hydroxyl groups is 1. The second-order valence-corrected chi connectivity index (χ2v) is 5.84. The second-order valence-electron chi connectivity index (χ2n) is 5.84. The standard InChI is InChI=1S/C16H20N2O2/c1-16(5-8-20-9-6-16)11-18-15-14-10-13(19)3-2-12(14)4-7-17-15/h2-4,7,10,19H,5-6,8-9,11H2,1H3,(H,17,18). The van der Waals surface area contributed by atoms with E-state index in [2.05, 4.69) is 17.2 Å². The number of phenols is 1. The number of aromatic nitrogens is 1. The van der Waals surface area contributed by atoms with Crippen LogP contribution in [0.5, 0.6) is 5.75 Å². The maximum absolute atomic E-state index is 9.65. The van der Waals surface area contributed by atoms with E-state index in [-0.39, 0.29) is 11.2 Å². The van der Waals surface area contributed by atoms with Crippen LogP contribution in [0.2, 0.25) is 0 Å². The highest BCUT2D eigenvalue weighted by atomic mass is 16.5. The van der Waals surface area contributed by atoms with Crippen molar-refractivity contribution in [2.75, 3.05) is 25.1 Å².